The van der Waals surface area contributed by atoms with Crippen LogP contribution in [0.15, 0.2) is 4.42 Å². The molecule has 1 aliphatic rings. The Labute approximate surface area is 81.3 Å². The third-order valence-corrected chi connectivity index (χ3v) is 2.36. The summed E-state index contributed by atoms with van der Waals surface area (Å²) in [5, 5.41) is 0. The van der Waals surface area contributed by atoms with Crippen molar-refractivity contribution < 1.29 is 13.2 Å². The Kier molecular flexibility index (Phi) is 2.29. The molecular formula is C10H13F2NO. The van der Waals surface area contributed by atoms with Gasteiger partial charge in [0.05, 0.1) is 0 Å². The lowest BCUT2D eigenvalue weighted by atomic mass is 10.1. The maximum absolute atomic E-state index is 12.6. The van der Waals surface area contributed by atoms with Crippen molar-refractivity contribution >= 4 is 0 Å². The van der Waals surface area contributed by atoms with Gasteiger partial charge in [0.15, 0.2) is 5.89 Å². The minimum Gasteiger partial charge on any atom is -0.445 e. The lowest BCUT2D eigenvalue weighted by Gasteiger charge is -2.01. The summed E-state index contributed by atoms with van der Waals surface area (Å²) in [4.78, 5) is 3.88. The standard InChI is InChI=1S/C10H13F2NO/c1-5(2)8-7(9(11)12)13-10(14-8)6-3-4-6/h5-6,9H,3-4H2,1-2H3. The Bertz CT molecular complexity index is 303. The summed E-state index contributed by atoms with van der Waals surface area (Å²) >= 11 is 0. The van der Waals surface area contributed by atoms with E-state index in [1.165, 1.54) is 0 Å². The van der Waals surface area contributed by atoms with Gasteiger partial charge in [0.25, 0.3) is 6.43 Å². The molecule has 78 valence electrons. The normalized spacial score (nSPS) is 17.0. The van der Waals surface area contributed by atoms with E-state index in [0.717, 1.165) is 12.8 Å². The first-order valence-electron chi connectivity index (χ1n) is 4.88. The number of nitrogens with zero attached hydrogens (tertiary/aromatic N) is 1. The van der Waals surface area contributed by atoms with Crippen molar-refractivity contribution in [3.63, 3.8) is 0 Å². The van der Waals surface area contributed by atoms with Gasteiger partial charge in [-0.15, -0.1) is 0 Å². The first-order valence-corrected chi connectivity index (χ1v) is 4.88. The Morgan fingerprint density at radius 1 is 1.36 bits per heavy atom. The summed E-state index contributed by atoms with van der Waals surface area (Å²) < 4.78 is 30.5. The van der Waals surface area contributed by atoms with Crippen LogP contribution in [0.2, 0.25) is 0 Å². The highest BCUT2D eigenvalue weighted by molar-refractivity contribution is 5.17. The smallest absolute Gasteiger partial charge is 0.283 e. The minimum absolute atomic E-state index is 0.0287. The summed E-state index contributed by atoms with van der Waals surface area (Å²) in [6, 6.07) is 0. The van der Waals surface area contributed by atoms with Crippen molar-refractivity contribution in [3.05, 3.63) is 17.3 Å². The summed E-state index contributed by atoms with van der Waals surface area (Å²) in [6.45, 7) is 3.67. The lowest BCUT2D eigenvalue weighted by molar-refractivity contribution is 0.143. The number of oxazole rings is 1. The van der Waals surface area contributed by atoms with Gasteiger partial charge >= 0.3 is 0 Å². The molecule has 0 atom stereocenters. The maximum atomic E-state index is 12.6. The Hall–Kier alpha value is -0.930. The molecule has 0 N–H and O–H groups in total. The van der Waals surface area contributed by atoms with Crippen LogP contribution in [0.25, 0.3) is 0 Å². The van der Waals surface area contributed by atoms with Crippen LogP contribution in [0.3, 0.4) is 0 Å². The summed E-state index contributed by atoms with van der Waals surface area (Å²) in [5.74, 6) is 1.12. The molecular weight excluding hydrogens is 188 g/mol. The van der Waals surface area contributed by atoms with Gasteiger partial charge in [-0.05, 0) is 12.8 Å². The number of halogens is 2. The summed E-state index contributed by atoms with van der Waals surface area (Å²) in [7, 11) is 0. The van der Waals surface area contributed by atoms with Crippen molar-refractivity contribution in [3.8, 4) is 0 Å². The first kappa shape index (κ1) is 9.62. The minimum atomic E-state index is -2.52. The van der Waals surface area contributed by atoms with Crippen molar-refractivity contribution in [1.82, 2.24) is 4.98 Å². The van der Waals surface area contributed by atoms with Gasteiger partial charge in [0.1, 0.15) is 11.5 Å². The maximum Gasteiger partial charge on any atom is 0.283 e. The molecule has 1 aromatic heterocycles. The van der Waals surface area contributed by atoms with Gasteiger partial charge in [0, 0.05) is 11.8 Å². The highest BCUT2D eigenvalue weighted by Crippen LogP contribution is 2.42. The zero-order valence-electron chi connectivity index (χ0n) is 8.26. The lowest BCUT2D eigenvalue weighted by Crippen LogP contribution is -1.93. The van der Waals surface area contributed by atoms with Crippen LogP contribution in [-0.2, 0) is 0 Å². The van der Waals surface area contributed by atoms with Gasteiger partial charge in [-0.2, -0.15) is 0 Å². The molecule has 4 heteroatoms. The fourth-order valence-corrected chi connectivity index (χ4v) is 1.44. The molecule has 0 bridgehead atoms. The van der Waals surface area contributed by atoms with Gasteiger partial charge in [-0.1, -0.05) is 13.8 Å². The third kappa shape index (κ3) is 1.65. The predicted molar refractivity (Wildman–Crippen MR) is 47.5 cm³/mol. The zero-order chi connectivity index (χ0) is 10.3. The second-order valence-electron chi connectivity index (χ2n) is 4.03. The third-order valence-electron chi connectivity index (χ3n) is 2.36. The van der Waals surface area contributed by atoms with Crippen molar-refractivity contribution in [2.45, 2.75) is 45.0 Å². The van der Waals surface area contributed by atoms with Crippen molar-refractivity contribution in [2.24, 2.45) is 0 Å². The van der Waals surface area contributed by atoms with Crippen LogP contribution < -0.4 is 0 Å². The molecule has 0 amide bonds. The molecule has 0 saturated heterocycles. The molecule has 1 aromatic rings. The highest BCUT2D eigenvalue weighted by atomic mass is 19.3. The predicted octanol–water partition coefficient (Wildman–Crippen LogP) is 3.61. The second-order valence-corrected chi connectivity index (χ2v) is 4.03. The molecule has 0 spiro atoms. The summed E-state index contributed by atoms with van der Waals surface area (Å²) in [6.07, 6.45) is -0.495. The van der Waals surface area contributed by atoms with Crippen molar-refractivity contribution in [2.75, 3.05) is 0 Å². The SMILES string of the molecule is CC(C)c1oc(C2CC2)nc1C(F)F. The monoisotopic (exact) mass is 201 g/mol. The van der Waals surface area contributed by atoms with Crippen LogP contribution in [0, 0.1) is 0 Å². The molecule has 2 rings (SSSR count). The number of alkyl halides is 2. The van der Waals surface area contributed by atoms with E-state index in [-0.39, 0.29) is 11.6 Å². The molecule has 1 aliphatic carbocycles. The molecule has 14 heavy (non-hydrogen) atoms. The average molecular weight is 201 g/mol. The van der Waals surface area contributed by atoms with Crippen LogP contribution >= 0.6 is 0 Å². The molecule has 0 aliphatic heterocycles. The fraction of sp³-hybridized carbons (Fsp3) is 0.700. The highest BCUT2D eigenvalue weighted by Gasteiger charge is 2.32. The average Bonchev–Trinajstić information content (AvgIpc) is 2.83. The molecule has 0 aromatic carbocycles. The van der Waals surface area contributed by atoms with Crippen LogP contribution in [0.4, 0.5) is 8.78 Å². The fourth-order valence-electron chi connectivity index (χ4n) is 1.44. The van der Waals surface area contributed by atoms with E-state index in [4.69, 9.17) is 4.42 Å². The number of rotatable bonds is 3. The van der Waals surface area contributed by atoms with Gasteiger partial charge in [-0.3, -0.25) is 0 Å². The molecule has 1 heterocycles. The zero-order valence-corrected chi connectivity index (χ0v) is 8.26. The molecule has 0 radical (unpaired) electrons. The second kappa shape index (κ2) is 3.33. The van der Waals surface area contributed by atoms with E-state index in [0.29, 0.717) is 17.6 Å². The first-order chi connectivity index (χ1) is 6.59. The van der Waals surface area contributed by atoms with E-state index >= 15 is 0 Å². The summed E-state index contributed by atoms with van der Waals surface area (Å²) in [5.41, 5.74) is -0.165. The Morgan fingerprint density at radius 2 is 2.00 bits per heavy atom. The largest absolute Gasteiger partial charge is 0.445 e. The van der Waals surface area contributed by atoms with E-state index in [9.17, 15) is 8.78 Å². The van der Waals surface area contributed by atoms with Gasteiger partial charge in [-0.25, -0.2) is 13.8 Å². The molecule has 2 nitrogen and oxygen atoms in total. The Morgan fingerprint density at radius 3 is 2.36 bits per heavy atom. The van der Waals surface area contributed by atoms with Crippen LogP contribution in [0.1, 0.15) is 62.3 Å². The number of aromatic nitrogens is 1. The van der Waals surface area contributed by atoms with Gasteiger partial charge < -0.3 is 4.42 Å². The topological polar surface area (TPSA) is 26.0 Å². The van der Waals surface area contributed by atoms with Gasteiger partial charge in [0.2, 0.25) is 0 Å². The van der Waals surface area contributed by atoms with E-state index in [1.54, 1.807) is 0 Å². The van der Waals surface area contributed by atoms with Crippen LogP contribution in [-0.4, -0.2) is 4.98 Å². The molecule has 1 fully saturated rings. The van der Waals surface area contributed by atoms with Crippen LogP contribution in [0.5, 0.6) is 0 Å². The quantitative estimate of drug-likeness (QED) is 0.746. The van der Waals surface area contributed by atoms with E-state index in [1.807, 2.05) is 13.8 Å². The number of hydrogen-bond donors (Lipinski definition) is 0. The Balaban J connectivity index is 2.34. The molecule has 0 unspecified atom stereocenters. The van der Waals surface area contributed by atoms with E-state index < -0.39 is 6.43 Å². The molecule has 1 saturated carbocycles. The number of hydrogen-bond acceptors (Lipinski definition) is 2. The van der Waals surface area contributed by atoms with Crippen molar-refractivity contribution in [1.29, 1.82) is 0 Å². The van der Waals surface area contributed by atoms with E-state index in [2.05, 4.69) is 4.98 Å².